The van der Waals surface area contributed by atoms with Crippen LogP contribution in [0.2, 0.25) is 0 Å². The van der Waals surface area contributed by atoms with Gasteiger partial charge in [0, 0.05) is 6.42 Å². The highest BCUT2D eigenvalue weighted by Gasteiger charge is 2.28. The predicted molar refractivity (Wildman–Crippen MR) is 97.1 cm³/mol. The van der Waals surface area contributed by atoms with Gasteiger partial charge >= 0.3 is 5.97 Å². The smallest absolute Gasteiger partial charge is 0.325 e. The van der Waals surface area contributed by atoms with Crippen LogP contribution in [-0.4, -0.2) is 70.3 Å². The lowest BCUT2D eigenvalue weighted by Crippen LogP contribution is -2.57. The number of amides is 3. The molecule has 1 rings (SSSR count). The van der Waals surface area contributed by atoms with Gasteiger partial charge in [0.15, 0.2) is 0 Å². The fraction of sp³-hybridized carbons (Fsp3) is 0.412. The van der Waals surface area contributed by atoms with Crippen LogP contribution in [0.15, 0.2) is 24.3 Å². The van der Waals surface area contributed by atoms with Crippen molar-refractivity contribution < 1.29 is 34.5 Å². The summed E-state index contributed by atoms with van der Waals surface area (Å²) in [6.45, 7) is 0.144. The minimum absolute atomic E-state index is 0.0122. The second-order valence-electron chi connectivity index (χ2n) is 6.01. The molecule has 28 heavy (non-hydrogen) atoms. The molecule has 0 saturated carbocycles. The first kappa shape index (κ1) is 22.9. The number of rotatable bonds is 10. The Bertz CT molecular complexity index is 708. The Balaban J connectivity index is 2.96. The number of nitrogens with two attached hydrogens (primary N) is 1. The van der Waals surface area contributed by atoms with Gasteiger partial charge < -0.3 is 37.0 Å². The zero-order valence-electron chi connectivity index (χ0n) is 15.2. The number of aliphatic hydroxyl groups is 1. The van der Waals surface area contributed by atoms with E-state index in [4.69, 9.17) is 10.8 Å². The maximum absolute atomic E-state index is 12.4. The SMILES string of the molecule is CC(NC(=O)C(Cc1ccc(O)cc1)NC(=O)C(CO)NC(=O)CN)C(=O)O. The summed E-state index contributed by atoms with van der Waals surface area (Å²) in [5, 5.41) is 34.4. The number of hydrogen-bond donors (Lipinski definition) is 7. The van der Waals surface area contributed by atoms with Crippen LogP contribution in [-0.2, 0) is 25.6 Å². The number of carboxylic acid groups (broad SMARTS) is 1. The van der Waals surface area contributed by atoms with Crippen molar-refractivity contribution in [1.29, 1.82) is 0 Å². The van der Waals surface area contributed by atoms with Crippen molar-refractivity contribution in [1.82, 2.24) is 16.0 Å². The Kier molecular flexibility index (Phi) is 8.85. The first-order valence-electron chi connectivity index (χ1n) is 8.39. The Hall–Kier alpha value is -3.18. The van der Waals surface area contributed by atoms with Crippen molar-refractivity contribution in [3.8, 4) is 5.75 Å². The highest BCUT2D eigenvalue weighted by Crippen LogP contribution is 2.11. The highest BCUT2D eigenvalue weighted by molar-refractivity contribution is 5.93. The van der Waals surface area contributed by atoms with Crippen molar-refractivity contribution in [3.05, 3.63) is 29.8 Å². The van der Waals surface area contributed by atoms with Crippen LogP contribution in [0.4, 0.5) is 0 Å². The van der Waals surface area contributed by atoms with Gasteiger partial charge in [0.2, 0.25) is 17.7 Å². The number of hydrogen-bond acceptors (Lipinski definition) is 7. The van der Waals surface area contributed by atoms with Gasteiger partial charge in [-0.3, -0.25) is 19.2 Å². The Morgan fingerprint density at radius 1 is 1.00 bits per heavy atom. The van der Waals surface area contributed by atoms with Gasteiger partial charge in [0.1, 0.15) is 23.9 Å². The standard InChI is InChI=1S/C17H24N4O7/c1-9(17(27)28)19-15(25)12(6-10-2-4-11(23)5-3-10)21-16(26)13(8-22)20-14(24)7-18/h2-5,9,12-13,22-23H,6-8,18H2,1H3,(H,19,25)(H,20,24)(H,21,26)(H,27,28). The molecule has 0 saturated heterocycles. The molecule has 0 spiro atoms. The largest absolute Gasteiger partial charge is 0.508 e. The number of phenols is 1. The van der Waals surface area contributed by atoms with E-state index in [1.807, 2.05) is 0 Å². The number of nitrogens with one attached hydrogen (secondary N) is 3. The van der Waals surface area contributed by atoms with E-state index in [0.29, 0.717) is 5.56 Å². The third-order valence-electron chi connectivity index (χ3n) is 3.76. The summed E-state index contributed by atoms with van der Waals surface area (Å²) >= 11 is 0. The van der Waals surface area contributed by atoms with Crippen molar-refractivity contribution >= 4 is 23.7 Å². The lowest BCUT2D eigenvalue weighted by molar-refractivity contribution is -0.141. The molecule has 1 aromatic carbocycles. The predicted octanol–water partition coefficient (Wildman–Crippen LogP) is -2.56. The van der Waals surface area contributed by atoms with Crippen LogP contribution >= 0.6 is 0 Å². The molecule has 3 atom stereocenters. The van der Waals surface area contributed by atoms with Gasteiger partial charge in [-0.2, -0.15) is 0 Å². The molecular formula is C17H24N4O7. The maximum Gasteiger partial charge on any atom is 0.325 e. The van der Waals surface area contributed by atoms with E-state index in [9.17, 15) is 29.4 Å². The molecule has 3 amide bonds. The van der Waals surface area contributed by atoms with E-state index in [1.54, 1.807) is 0 Å². The Morgan fingerprint density at radius 2 is 1.57 bits per heavy atom. The fourth-order valence-electron chi connectivity index (χ4n) is 2.17. The number of phenolic OH excluding ortho intramolecular Hbond substituents is 1. The van der Waals surface area contributed by atoms with Crippen LogP contribution < -0.4 is 21.7 Å². The van der Waals surface area contributed by atoms with E-state index in [1.165, 1.54) is 31.2 Å². The normalized spacial score (nSPS) is 13.7. The van der Waals surface area contributed by atoms with Gasteiger partial charge in [-0.1, -0.05) is 12.1 Å². The zero-order valence-corrected chi connectivity index (χ0v) is 15.2. The van der Waals surface area contributed by atoms with Crippen molar-refractivity contribution in [2.45, 2.75) is 31.5 Å². The fourth-order valence-corrected chi connectivity index (χ4v) is 2.17. The van der Waals surface area contributed by atoms with E-state index in [0.717, 1.165) is 0 Å². The average molecular weight is 396 g/mol. The summed E-state index contributed by atoms with van der Waals surface area (Å²) in [7, 11) is 0. The summed E-state index contributed by atoms with van der Waals surface area (Å²) in [6, 6.07) is 2.13. The first-order valence-corrected chi connectivity index (χ1v) is 8.39. The Labute approximate surface area is 160 Å². The molecule has 0 fully saturated rings. The third-order valence-corrected chi connectivity index (χ3v) is 3.76. The summed E-state index contributed by atoms with van der Waals surface area (Å²) in [5.74, 6) is -3.53. The van der Waals surface area contributed by atoms with Gasteiger partial charge in [0.25, 0.3) is 0 Å². The van der Waals surface area contributed by atoms with Crippen LogP contribution in [0, 0.1) is 0 Å². The van der Waals surface area contributed by atoms with Crippen LogP contribution in [0.1, 0.15) is 12.5 Å². The number of aromatic hydroxyl groups is 1. The molecule has 11 heteroatoms. The van der Waals surface area contributed by atoms with Crippen molar-refractivity contribution in [2.24, 2.45) is 5.73 Å². The van der Waals surface area contributed by atoms with Gasteiger partial charge in [-0.05, 0) is 24.6 Å². The highest BCUT2D eigenvalue weighted by atomic mass is 16.4. The quantitative estimate of drug-likeness (QED) is 0.225. The second-order valence-corrected chi connectivity index (χ2v) is 6.01. The van der Waals surface area contributed by atoms with Crippen LogP contribution in [0.3, 0.4) is 0 Å². The first-order chi connectivity index (χ1) is 13.2. The lowest BCUT2D eigenvalue weighted by atomic mass is 10.0. The molecule has 154 valence electrons. The van der Waals surface area contributed by atoms with E-state index < -0.39 is 55.0 Å². The van der Waals surface area contributed by atoms with Crippen LogP contribution in [0.5, 0.6) is 5.75 Å². The molecule has 0 aromatic heterocycles. The summed E-state index contributed by atoms with van der Waals surface area (Å²) in [5.41, 5.74) is 5.73. The monoisotopic (exact) mass is 396 g/mol. The van der Waals surface area contributed by atoms with Crippen molar-refractivity contribution in [2.75, 3.05) is 13.2 Å². The molecule has 0 bridgehead atoms. The molecule has 0 aliphatic rings. The summed E-state index contributed by atoms with van der Waals surface area (Å²) < 4.78 is 0. The topological polar surface area (TPSA) is 191 Å². The Morgan fingerprint density at radius 3 is 2.07 bits per heavy atom. The maximum atomic E-state index is 12.4. The molecule has 0 aliphatic heterocycles. The number of aliphatic hydroxyl groups excluding tert-OH is 1. The summed E-state index contributed by atoms with van der Waals surface area (Å²) in [4.78, 5) is 47.1. The average Bonchev–Trinajstić information content (AvgIpc) is 2.66. The molecule has 11 nitrogen and oxygen atoms in total. The summed E-state index contributed by atoms with van der Waals surface area (Å²) in [6.07, 6.45) is -0.0207. The van der Waals surface area contributed by atoms with E-state index >= 15 is 0 Å². The van der Waals surface area contributed by atoms with Gasteiger partial charge in [0.05, 0.1) is 13.2 Å². The van der Waals surface area contributed by atoms with Gasteiger partial charge in [-0.25, -0.2) is 0 Å². The lowest BCUT2D eigenvalue weighted by Gasteiger charge is -2.23. The molecule has 1 aromatic rings. The molecular weight excluding hydrogens is 372 g/mol. The molecule has 0 radical (unpaired) electrons. The third kappa shape index (κ3) is 7.21. The molecule has 8 N–H and O–H groups in total. The number of benzene rings is 1. The number of carbonyl (C=O) groups is 4. The zero-order chi connectivity index (χ0) is 21.3. The number of aliphatic carboxylic acids is 1. The van der Waals surface area contributed by atoms with Crippen LogP contribution in [0.25, 0.3) is 0 Å². The number of carbonyl (C=O) groups excluding carboxylic acids is 3. The van der Waals surface area contributed by atoms with Gasteiger partial charge in [-0.15, -0.1) is 0 Å². The van der Waals surface area contributed by atoms with E-state index in [2.05, 4.69) is 16.0 Å². The van der Waals surface area contributed by atoms with E-state index in [-0.39, 0.29) is 12.2 Å². The minimum atomic E-state index is -1.33. The molecule has 0 aliphatic carbocycles. The molecule has 3 unspecified atom stereocenters. The minimum Gasteiger partial charge on any atom is -0.508 e. The van der Waals surface area contributed by atoms with Crippen molar-refractivity contribution in [3.63, 3.8) is 0 Å². The number of carboxylic acids is 1. The second kappa shape index (κ2) is 10.8. The molecule has 0 heterocycles.